The van der Waals surface area contributed by atoms with E-state index in [1.165, 1.54) is 32.1 Å². The van der Waals surface area contributed by atoms with E-state index in [0.717, 1.165) is 19.7 Å². The van der Waals surface area contributed by atoms with Crippen molar-refractivity contribution in [1.29, 1.82) is 0 Å². The Kier molecular flexibility index (Phi) is 4.19. The quantitative estimate of drug-likeness (QED) is 0.702. The van der Waals surface area contributed by atoms with Crippen molar-refractivity contribution in [2.45, 2.75) is 37.6 Å². The highest BCUT2D eigenvalue weighted by molar-refractivity contribution is 5.01. The molecule has 1 aliphatic carbocycles. The molecule has 0 aromatic carbocycles. The number of hydrogen-bond acceptors (Lipinski definition) is 4. The fraction of sp³-hybridized carbons (Fsp3) is 1.00. The Labute approximate surface area is 98.5 Å². The fourth-order valence-electron chi connectivity index (χ4n) is 2.73. The Bertz CT molecular complexity index is 214. The summed E-state index contributed by atoms with van der Waals surface area (Å²) in [4.78, 5) is 0. The van der Waals surface area contributed by atoms with E-state index in [1.807, 2.05) is 0 Å². The molecule has 1 aliphatic heterocycles. The third-order valence-electron chi connectivity index (χ3n) is 3.86. The molecular formula is C12H25N3O. The second kappa shape index (κ2) is 5.45. The molecule has 16 heavy (non-hydrogen) atoms. The molecule has 94 valence electrons. The van der Waals surface area contributed by atoms with Crippen LogP contribution in [0, 0.1) is 5.92 Å². The summed E-state index contributed by atoms with van der Waals surface area (Å²) >= 11 is 0. The van der Waals surface area contributed by atoms with Gasteiger partial charge in [-0.1, -0.05) is 6.42 Å². The first kappa shape index (κ1) is 12.3. The van der Waals surface area contributed by atoms with Crippen LogP contribution in [0.2, 0.25) is 0 Å². The highest BCUT2D eigenvalue weighted by Crippen LogP contribution is 2.39. The van der Waals surface area contributed by atoms with Crippen LogP contribution in [-0.2, 0) is 4.74 Å². The number of methoxy groups -OCH3 is 1. The Morgan fingerprint density at radius 1 is 1.31 bits per heavy atom. The van der Waals surface area contributed by atoms with Crippen molar-refractivity contribution in [2.24, 2.45) is 11.7 Å². The summed E-state index contributed by atoms with van der Waals surface area (Å²) in [5.41, 5.74) is 9.64. The maximum Gasteiger partial charge on any atom is 0.0708 e. The lowest BCUT2D eigenvalue weighted by Gasteiger charge is -2.40. The molecule has 2 fully saturated rings. The summed E-state index contributed by atoms with van der Waals surface area (Å²) in [6.45, 7) is 3.70. The van der Waals surface area contributed by atoms with Crippen LogP contribution in [0.3, 0.4) is 0 Å². The lowest BCUT2D eigenvalue weighted by atomic mass is 9.95. The second-order valence-corrected chi connectivity index (χ2v) is 5.23. The molecule has 1 saturated heterocycles. The summed E-state index contributed by atoms with van der Waals surface area (Å²) in [5.74, 6) is 0.708. The lowest BCUT2D eigenvalue weighted by molar-refractivity contribution is 0.0184. The highest BCUT2D eigenvalue weighted by Gasteiger charge is 2.45. The van der Waals surface area contributed by atoms with E-state index in [2.05, 4.69) is 10.4 Å². The summed E-state index contributed by atoms with van der Waals surface area (Å²) in [5, 5.41) is 2.35. The van der Waals surface area contributed by atoms with Crippen LogP contribution in [0.4, 0.5) is 0 Å². The van der Waals surface area contributed by atoms with Crippen LogP contribution in [0.5, 0.6) is 0 Å². The molecule has 1 unspecified atom stereocenters. The van der Waals surface area contributed by atoms with Crippen molar-refractivity contribution >= 4 is 0 Å². The molecule has 3 N–H and O–H groups in total. The van der Waals surface area contributed by atoms with Gasteiger partial charge in [0.25, 0.3) is 0 Å². The van der Waals surface area contributed by atoms with Gasteiger partial charge in [-0.2, -0.15) is 0 Å². The molecule has 2 rings (SSSR count). The second-order valence-electron chi connectivity index (χ2n) is 5.23. The third-order valence-corrected chi connectivity index (χ3v) is 3.86. The molecule has 4 heteroatoms. The predicted molar refractivity (Wildman–Crippen MR) is 64.9 cm³/mol. The Balaban J connectivity index is 1.94. The largest absolute Gasteiger partial charge is 0.383 e. The van der Waals surface area contributed by atoms with Crippen molar-refractivity contribution in [3.63, 3.8) is 0 Å². The Hall–Kier alpha value is -0.160. The van der Waals surface area contributed by atoms with Crippen molar-refractivity contribution in [3.05, 3.63) is 0 Å². The standard InChI is InChI=1S/C12H25N3O/c1-16-10-12(9-13,11-5-6-11)14-15-7-3-2-4-8-15/h11,14H,2-10,13H2,1H3. The van der Waals surface area contributed by atoms with E-state index in [4.69, 9.17) is 10.5 Å². The van der Waals surface area contributed by atoms with Gasteiger partial charge < -0.3 is 10.5 Å². The topological polar surface area (TPSA) is 50.5 Å². The first-order valence-corrected chi connectivity index (χ1v) is 6.52. The number of nitrogens with zero attached hydrogens (tertiary/aromatic N) is 1. The van der Waals surface area contributed by atoms with Gasteiger partial charge in [-0.25, -0.2) is 10.4 Å². The molecule has 0 spiro atoms. The lowest BCUT2D eigenvalue weighted by Crippen LogP contribution is -2.63. The van der Waals surface area contributed by atoms with E-state index in [0.29, 0.717) is 12.5 Å². The van der Waals surface area contributed by atoms with E-state index in [1.54, 1.807) is 7.11 Å². The minimum atomic E-state index is -0.00785. The molecule has 1 atom stereocenters. The van der Waals surface area contributed by atoms with Gasteiger partial charge in [-0.15, -0.1) is 0 Å². The van der Waals surface area contributed by atoms with Crippen molar-refractivity contribution in [1.82, 2.24) is 10.4 Å². The minimum Gasteiger partial charge on any atom is -0.383 e. The minimum absolute atomic E-state index is 0.00785. The van der Waals surface area contributed by atoms with Crippen molar-refractivity contribution in [3.8, 4) is 0 Å². The van der Waals surface area contributed by atoms with Crippen LogP contribution < -0.4 is 11.2 Å². The van der Waals surface area contributed by atoms with Gasteiger partial charge in [-0.3, -0.25) is 0 Å². The predicted octanol–water partition coefficient (Wildman–Crippen LogP) is 0.731. The van der Waals surface area contributed by atoms with Gasteiger partial charge in [0.1, 0.15) is 0 Å². The van der Waals surface area contributed by atoms with Crippen LogP contribution in [0.25, 0.3) is 0 Å². The zero-order valence-electron chi connectivity index (χ0n) is 10.4. The Morgan fingerprint density at radius 2 is 2.00 bits per heavy atom. The molecule has 0 aromatic rings. The van der Waals surface area contributed by atoms with Crippen LogP contribution in [-0.4, -0.2) is 43.9 Å². The summed E-state index contributed by atoms with van der Waals surface area (Å²) in [6.07, 6.45) is 6.54. The number of hydrogen-bond donors (Lipinski definition) is 2. The number of hydrazine groups is 1. The molecular weight excluding hydrogens is 202 g/mol. The molecule has 0 aromatic heterocycles. The van der Waals surface area contributed by atoms with Gasteiger partial charge in [0, 0.05) is 26.7 Å². The number of nitrogens with one attached hydrogen (secondary N) is 1. The van der Waals surface area contributed by atoms with Gasteiger partial charge in [0.2, 0.25) is 0 Å². The maximum absolute atomic E-state index is 5.98. The molecule has 0 amide bonds. The van der Waals surface area contributed by atoms with Gasteiger partial charge in [0.15, 0.2) is 0 Å². The average molecular weight is 227 g/mol. The molecule has 2 aliphatic rings. The summed E-state index contributed by atoms with van der Waals surface area (Å²) in [6, 6.07) is 0. The molecule has 0 bridgehead atoms. The molecule has 1 saturated carbocycles. The van der Waals surface area contributed by atoms with Crippen molar-refractivity contribution in [2.75, 3.05) is 33.4 Å². The zero-order valence-corrected chi connectivity index (χ0v) is 10.4. The first-order valence-electron chi connectivity index (χ1n) is 6.52. The van der Waals surface area contributed by atoms with Crippen LogP contribution in [0.1, 0.15) is 32.1 Å². The highest BCUT2D eigenvalue weighted by atomic mass is 16.5. The van der Waals surface area contributed by atoms with E-state index in [-0.39, 0.29) is 5.54 Å². The van der Waals surface area contributed by atoms with Crippen LogP contribution in [0.15, 0.2) is 0 Å². The van der Waals surface area contributed by atoms with Gasteiger partial charge in [0.05, 0.1) is 12.1 Å². The van der Waals surface area contributed by atoms with Crippen molar-refractivity contribution < 1.29 is 4.74 Å². The Morgan fingerprint density at radius 3 is 2.50 bits per heavy atom. The SMILES string of the molecule is COCC(CN)(NN1CCCCC1)C1CC1. The zero-order chi connectivity index (χ0) is 11.4. The normalized spacial score (nSPS) is 26.6. The first-order chi connectivity index (χ1) is 7.80. The molecule has 1 heterocycles. The van der Waals surface area contributed by atoms with Gasteiger partial charge >= 0.3 is 0 Å². The summed E-state index contributed by atoms with van der Waals surface area (Å²) in [7, 11) is 1.77. The number of piperidine rings is 1. The van der Waals surface area contributed by atoms with E-state index >= 15 is 0 Å². The number of nitrogens with two attached hydrogens (primary N) is 1. The van der Waals surface area contributed by atoms with Crippen LogP contribution >= 0.6 is 0 Å². The molecule has 4 nitrogen and oxygen atoms in total. The third kappa shape index (κ3) is 2.74. The van der Waals surface area contributed by atoms with Gasteiger partial charge in [-0.05, 0) is 31.6 Å². The smallest absolute Gasteiger partial charge is 0.0708 e. The number of ether oxygens (including phenoxy) is 1. The molecule has 0 radical (unpaired) electrons. The van der Waals surface area contributed by atoms with E-state index in [9.17, 15) is 0 Å². The number of rotatable bonds is 6. The maximum atomic E-state index is 5.98. The summed E-state index contributed by atoms with van der Waals surface area (Å²) < 4.78 is 5.37. The van der Waals surface area contributed by atoms with E-state index < -0.39 is 0 Å². The fourth-order valence-corrected chi connectivity index (χ4v) is 2.73. The monoisotopic (exact) mass is 227 g/mol. The average Bonchev–Trinajstić information content (AvgIpc) is 3.14.